The molecule has 0 fully saturated rings. The minimum Gasteiger partial charge on any atom is -0.255 e. The number of nitriles is 2. The second-order valence-electron chi connectivity index (χ2n) is 6.26. The molecule has 140 valence electrons. The van der Waals surface area contributed by atoms with Gasteiger partial charge in [0.05, 0.1) is 33.9 Å². The number of rotatable bonds is 4. The highest BCUT2D eigenvalue weighted by Crippen LogP contribution is 2.29. The molecule has 4 aromatic heterocycles. The Morgan fingerprint density at radius 2 is 0.967 bits per heavy atom. The van der Waals surface area contributed by atoms with E-state index in [1.165, 1.54) is 0 Å². The summed E-state index contributed by atoms with van der Waals surface area (Å²) in [6.45, 7) is 0. The molecule has 0 radical (unpaired) electrons. The molecule has 4 rings (SSSR count). The van der Waals surface area contributed by atoms with Crippen LogP contribution in [0.3, 0.4) is 0 Å². The number of hydrogen-bond acceptors (Lipinski definition) is 6. The summed E-state index contributed by atoms with van der Waals surface area (Å²) in [7, 11) is 0. The van der Waals surface area contributed by atoms with Crippen LogP contribution >= 0.6 is 0 Å². The van der Waals surface area contributed by atoms with Crippen molar-refractivity contribution in [3.05, 3.63) is 96.6 Å². The van der Waals surface area contributed by atoms with E-state index in [0.29, 0.717) is 33.9 Å². The number of hydrogen-bond donors (Lipinski definition) is 0. The summed E-state index contributed by atoms with van der Waals surface area (Å²) in [5, 5.41) is 19.7. The molecule has 0 bridgehead atoms. The van der Waals surface area contributed by atoms with Crippen LogP contribution in [-0.2, 0) is 0 Å². The maximum Gasteiger partial charge on any atom is 0.101 e. The average molecular weight is 386 g/mol. The van der Waals surface area contributed by atoms with Gasteiger partial charge in [0.1, 0.15) is 12.1 Å². The third kappa shape index (κ3) is 3.80. The van der Waals surface area contributed by atoms with E-state index in [1.54, 1.807) is 49.1 Å². The zero-order valence-corrected chi connectivity index (χ0v) is 15.8. The molecular weight excluding hydrogens is 372 g/mol. The Balaban J connectivity index is 1.82. The Kier molecular flexibility index (Phi) is 5.32. The van der Waals surface area contributed by atoms with Crippen molar-refractivity contribution in [3.8, 4) is 34.9 Å². The lowest BCUT2D eigenvalue weighted by molar-refractivity contribution is 1.24. The van der Waals surface area contributed by atoms with Crippen LogP contribution in [0.5, 0.6) is 0 Å². The van der Waals surface area contributed by atoms with Gasteiger partial charge < -0.3 is 0 Å². The smallest absolute Gasteiger partial charge is 0.101 e. The van der Waals surface area contributed by atoms with Gasteiger partial charge in [-0.25, -0.2) is 0 Å². The highest BCUT2D eigenvalue weighted by atomic mass is 14.8. The quantitative estimate of drug-likeness (QED) is 0.477. The van der Waals surface area contributed by atoms with Gasteiger partial charge in [-0.05, 0) is 59.7 Å². The van der Waals surface area contributed by atoms with E-state index >= 15 is 0 Å². The van der Waals surface area contributed by atoms with Gasteiger partial charge in [-0.1, -0.05) is 12.1 Å². The Hall–Kier alpha value is -4.68. The number of allylic oxidation sites excluding steroid dienone is 2. The van der Waals surface area contributed by atoms with Crippen molar-refractivity contribution in [1.82, 2.24) is 19.9 Å². The monoisotopic (exact) mass is 386 g/mol. The first kappa shape index (κ1) is 18.7. The first-order chi connectivity index (χ1) is 14.8. The number of nitrogens with zero attached hydrogens (tertiary/aromatic N) is 6. The van der Waals surface area contributed by atoms with E-state index in [1.807, 2.05) is 36.4 Å². The van der Waals surface area contributed by atoms with Gasteiger partial charge in [-0.2, -0.15) is 10.5 Å². The third-order valence-electron chi connectivity index (χ3n) is 4.43. The van der Waals surface area contributed by atoms with Gasteiger partial charge in [0.25, 0.3) is 0 Å². The molecule has 6 heteroatoms. The topological polar surface area (TPSA) is 99.1 Å². The van der Waals surface area contributed by atoms with Gasteiger partial charge in [-0.15, -0.1) is 0 Å². The fraction of sp³-hybridized carbons (Fsp3) is 0. The van der Waals surface area contributed by atoms with Crippen LogP contribution in [0.4, 0.5) is 0 Å². The zero-order valence-electron chi connectivity index (χ0n) is 15.8. The van der Waals surface area contributed by atoms with E-state index in [-0.39, 0.29) is 11.1 Å². The van der Waals surface area contributed by atoms with Gasteiger partial charge in [0.2, 0.25) is 0 Å². The summed E-state index contributed by atoms with van der Waals surface area (Å²) >= 11 is 0. The summed E-state index contributed by atoms with van der Waals surface area (Å²) < 4.78 is 0. The van der Waals surface area contributed by atoms with Gasteiger partial charge in [-0.3, -0.25) is 19.9 Å². The molecule has 4 heterocycles. The average Bonchev–Trinajstić information content (AvgIpc) is 2.83. The SMILES string of the molecule is N#C/C(=C(/C#N)c1ccnc(-c2ccccn2)c1)c1ccnc(-c2ccccn2)c1. The van der Waals surface area contributed by atoms with E-state index in [9.17, 15) is 10.5 Å². The first-order valence-electron chi connectivity index (χ1n) is 9.10. The molecule has 4 aromatic rings. The summed E-state index contributed by atoms with van der Waals surface area (Å²) in [5.41, 5.74) is 4.35. The van der Waals surface area contributed by atoms with Gasteiger partial charge >= 0.3 is 0 Å². The maximum absolute atomic E-state index is 9.87. The summed E-state index contributed by atoms with van der Waals surface area (Å²) in [6, 6.07) is 22.4. The van der Waals surface area contributed by atoms with E-state index in [0.717, 1.165) is 0 Å². The van der Waals surface area contributed by atoms with Crippen LogP contribution < -0.4 is 0 Å². The van der Waals surface area contributed by atoms with Crippen LogP contribution in [0.15, 0.2) is 85.5 Å². The number of pyridine rings is 4. The van der Waals surface area contributed by atoms with Gasteiger partial charge in [0, 0.05) is 24.8 Å². The molecule has 6 nitrogen and oxygen atoms in total. The highest BCUT2D eigenvalue weighted by molar-refractivity contribution is 6.03. The summed E-state index contributed by atoms with van der Waals surface area (Å²) in [5.74, 6) is 0. The largest absolute Gasteiger partial charge is 0.255 e. The fourth-order valence-electron chi connectivity index (χ4n) is 3.01. The van der Waals surface area contributed by atoms with Crippen molar-refractivity contribution in [2.75, 3.05) is 0 Å². The molecule has 30 heavy (non-hydrogen) atoms. The Bertz CT molecular complexity index is 1200. The second kappa shape index (κ2) is 8.55. The van der Waals surface area contributed by atoms with Crippen LogP contribution in [0.1, 0.15) is 11.1 Å². The van der Waals surface area contributed by atoms with Crippen molar-refractivity contribution >= 4 is 11.1 Å². The van der Waals surface area contributed by atoms with E-state index < -0.39 is 0 Å². The normalized spacial score (nSPS) is 11.1. The zero-order chi connectivity index (χ0) is 20.8. The van der Waals surface area contributed by atoms with Crippen LogP contribution in [0.2, 0.25) is 0 Å². The molecule has 0 aromatic carbocycles. The minimum absolute atomic E-state index is 0.259. The molecule has 0 spiro atoms. The first-order valence-corrected chi connectivity index (χ1v) is 9.10. The van der Waals surface area contributed by atoms with Crippen LogP contribution in [0, 0.1) is 22.7 Å². The lowest BCUT2D eigenvalue weighted by atomic mass is 9.96. The van der Waals surface area contributed by atoms with Gasteiger partial charge in [0.15, 0.2) is 0 Å². The molecule has 0 aliphatic heterocycles. The Morgan fingerprint density at radius 3 is 1.33 bits per heavy atom. The maximum atomic E-state index is 9.87. The van der Waals surface area contributed by atoms with E-state index in [4.69, 9.17) is 0 Å². The second-order valence-corrected chi connectivity index (χ2v) is 6.26. The molecule has 0 unspecified atom stereocenters. The summed E-state index contributed by atoms with van der Waals surface area (Å²) in [4.78, 5) is 17.3. The number of aromatic nitrogens is 4. The van der Waals surface area contributed by atoms with Crippen molar-refractivity contribution in [1.29, 1.82) is 10.5 Å². The lowest BCUT2D eigenvalue weighted by Gasteiger charge is -2.07. The molecule has 0 atom stereocenters. The molecule has 0 saturated heterocycles. The molecular formula is C24H14N6. The third-order valence-corrected chi connectivity index (χ3v) is 4.43. The van der Waals surface area contributed by atoms with Crippen LogP contribution in [-0.4, -0.2) is 19.9 Å². The predicted octanol–water partition coefficient (Wildman–Crippen LogP) is 4.56. The molecule has 0 aliphatic rings. The standard InChI is InChI=1S/C24H14N6/c25-15-19(17-7-11-29-23(13-17)21-5-1-3-9-27-21)20(16-26)18-8-12-30-24(14-18)22-6-2-4-10-28-22/h1-14H/b20-19+. The summed E-state index contributed by atoms with van der Waals surface area (Å²) in [6.07, 6.45) is 6.58. The van der Waals surface area contributed by atoms with Crippen molar-refractivity contribution in [2.24, 2.45) is 0 Å². The minimum atomic E-state index is 0.259. The lowest BCUT2D eigenvalue weighted by Crippen LogP contribution is -1.94. The fourth-order valence-corrected chi connectivity index (χ4v) is 3.01. The van der Waals surface area contributed by atoms with Crippen molar-refractivity contribution in [3.63, 3.8) is 0 Å². The predicted molar refractivity (Wildman–Crippen MR) is 113 cm³/mol. The Labute approximate surface area is 173 Å². The molecule has 0 saturated carbocycles. The Morgan fingerprint density at radius 1 is 0.533 bits per heavy atom. The van der Waals surface area contributed by atoms with Crippen molar-refractivity contribution in [2.45, 2.75) is 0 Å². The van der Waals surface area contributed by atoms with Crippen molar-refractivity contribution < 1.29 is 0 Å². The van der Waals surface area contributed by atoms with E-state index in [2.05, 4.69) is 32.1 Å². The molecule has 0 amide bonds. The molecule has 0 N–H and O–H groups in total. The van der Waals surface area contributed by atoms with Crippen LogP contribution in [0.25, 0.3) is 33.9 Å². The highest BCUT2D eigenvalue weighted by Gasteiger charge is 2.14. The molecule has 0 aliphatic carbocycles.